The molecule has 1 aromatic heterocycles. The summed E-state index contributed by atoms with van der Waals surface area (Å²) in [6.45, 7) is 5.86. The van der Waals surface area contributed by atoms with E-state index in [1.165, 1.54) is 11.0 Å². The molecule has 2 aliphatic heterocycles. The van der Waals surface area contributed by atoms with E-state index in [9.17, 15) is 15.0 Å². The van der Waals surface area contributed by atoms with Crippen LogP contribution in [0.2, 0.25) is 0 Å². The number of ether oxygens (including phenoxy) is 2. The molecule has 0 radical (unpaired) electrons. The summed E-state index contributed by atoms with van der Waals surface area (Å²) >= 11 is 0. The quantitative estimate of drug-likeness (QED) is 0.194. The van der Waals surface area contributed by atoms with Crippen molar-refractivity contribution in [3.63, 3.8) is 0 Å². The maximum Gasteiger partial charge on any atom is 0.333 e. The van der Waals surface area contributed by atoms with Gasteiger partial charge in [-0.25, -0.2) is 4.79 Å². The molecule has 3 rings (SSSR count). The third-order valence-electron chi connectivity index (χ3n) is 5.89. The SMILES string of the molecule is C=C(C)C(=O)OCC12C=CC(O1)c1c2c(O)n(CCCCCCCCCCO)c1O. The highest BCUT2D eigenvalue weighted by atomic mass is 16.6. The van der Waals surface area contributed by atoms with Crippen LogP contribution in [-0.2, 0) is 26.4 Å². The molecule has 166 valence electrons. The Hall–Kier alpha value is -2.25. The number of aromatic nitrogens is 1. The van der Waals surface area contributed by atoms with E-state index in [0.29, 0.717) is 23.2 Å². The lowest BCUT2D eigenvalue weighted by atomic mass is 9.90. The molecule has 3 N–H and O–H groups in total. The number of rotatable bonds is 13. The molecular weight excluding hydrogens is 386 g/mol. The molecule has 0 amide bonds. The number of esters is 1. The third kappa shape index (κ3) is 4.42. The zero-order chi connectivity index (χ0) is 21.7. The van der Waals surface area contributed by atoms with Crippen LogP contribution in [0, 0.1) is 0 Å². The van der Waals surface area contributed by atoms with Crippen molar-refractivity contribution in [1.29, 1.82) is 0 Å². The summed E-state index contributed by atoms with van der Waals surface area (Å²) in [6, 6.07) is 0. The lowest BCUT2D eigenvalue weighted by Gasteiger charge is -2.23. The first kappa shape index (κ1) is 22.4. The van der Waals surface area contributed by atoms with Crippen molar-refractivity contribution < 1.29 is 29.6 Å². The van der Waals surface area contributed by atoms with E-state index >= 15 is 0 Å². The van der Waals surface area contributed by atoms with Gasteiger partial charge in [-0.05, 0) is 25.8 Å². The van der Waals surface area contributed by atoms with Crippen LogP contribution in [0.1, 0.15) is 75.5 Å². The monoisotopic (exact) mass is 419 g/mol. The second kappa shape index (κ2) is 9.71. The van der Waals surface area contributed by atoms with E-state index in [0.717, 1.165) is 44.9 Å². The van der Waals surface area contributed by atoms with E-state index in [2.05, 4.69) is 6.58 Å². The highest BCUT2D eigenvalue weighted by molar-refractivity contribution is 5.87. The molecule has 0 aromatic carbocycles. The van der Waals surface area contributed by atoms with Crippen LogP contribution < -0.4 is 0 Å². The van der Waals surface area contributed by atoms with Crippen LogP contribution in [0.25, 0.3) is 0 Å². The van der Waals surface area contributed by atoms with E-state index in [1.54, 1.807) is 13.0 Å². The first-order chi connectivity index (χ1) is 14.4. The van der Waals surface area contributed by atoms with Gasteiger partial charge >= 0.3 is 5.97 Å². The van der Waals surface area contributed by atoms with Crippen molar-refractivity contribution in [1.82, 2.24) is 4.57 Å². The Labute approximate surface area is 177 Å². The Morgan fingerprint density at radius 1 is 1.13 bits per heavy atom. The maximum absolute atomic E-state index is 11.8. The predicted octanol–water partition coefficient (Wildman–Crippen LogP) is 3.97. The predicted molar refractivity (Wildman–Crippen MR) is 112 cm³/mol. The number of nitrogens with zero attached hydrogens (tertiary/aromatic N) is 1. The van der Waals surface area contributed by atoms with Crippen LogP contribution in [0.4, 0.5) is 0 Å². The molecule has 3 heterocycles. The van der Waals surface area contributed by atoms with E-state index in [-0.39, 0.29) is 25.0 Å². The number of aromatic hydroxyl groups is 2. The second-order valence-electron chi connectivity index (χ2n) is 8.28. The average molecular weight is 420 g/mol. The van der Waals surface area contributed by atoms with Gasteiger partial charge in [0.05, 0.1) is 11.1 Å². The van der Waals surface area contributed by atoms with Gasteiger partial charge in [0.2, 0.25) is 11.8 Å². The zero-order valence-corrected chi connectivity index (χ0v) is 17.7. The number of aliphatic hydroxyl groups excluding tert-OH is 1. The summed E-state index contributed by atoms with van der Waals surface area (Å²) in [4.78, 5) is 11.8. The fourth-order valence-electron chi connectivity index (χ4n) is 4.25. The normalized spacial score (nSPS) is 21.2. The van der Waals surface area contributed by atoms with Gasteiger partial charge in [-0.2, -0.15) is 0 Å². The largest absolute Gasteiger partial charge is 0.494 e. The molecule has 1 aromatic rings. The number of hydrogen-bond donors (Lipinski definition) is 3. The standard InChI is InChI=1S/C23H33NO6/c1-16(2)22(28)29-15-23-12-11-17(30-23)18-19(23)21(27)24(20(18)26)13-9-7-5-3-4-6-8-10-14-25/h11-12,17,25-27H,1,3-10,13-15H2,2H3. The van der Waals surface area contributed by atoms with Gasteiger partial charge in [0, 0.05) is 18.7 Å². The Bertz CT molecular complexity index is 811. The number of hydrogen-bond acceptors (Lipinski definition) is 6. The lowest BCUT2D eigenvalue weighted by Crippen LogP contribution is -2.29. The van der Waals surface area contributed by atoms with Gasteiger partial charge in [-0.15, -0.1) is 0 Å². The first-order valence-corrected chi connectivity index (χ1v) is 10.9. The Morgan fingerprint density at radius 2 is 1.77 bits per heavy atom. The fraction of sp³-hybridized carbons (Fsp3) is 0.609. The van der Waals surface area contributed by atoms with Crippen LogP contribution in [0.3, 0.4) is 0 Å². The molecule has 0 saturated carbocycles. The molecule has 7 heteroatoms. The van der Waals surface area contributed by atoms with Gasteiger partial charge < -0.3 is 24.8 Å². The number of fused-ring (bicyclic) bond motifs is 5. The summed E-state index contributed by atoms with van der Waals surface area (Å²) < 4.78 is 12.8. The number of carbonyl (C=O) groups excluding carboxylic acids is 1. The molecule has 2 unspecified atom stereocenters. The summed E-state index contributed by atoms with van der Waals surface area (Å²) in [5, 5.41) is 30.3. The van der Waals surface area contributed by atoms with Gasteiger partial charge in [0.1, 0.15) is 12.7 Å². The Morgan fingerprint density at radius 3 is 2.40 bits per heavy atom. The van der Waals surface area contributed by atoms with E-state index < -0.39 is 17.7 Å². The fourth-order valence-corrected chi connectivity index (χ4v) is 4.25. The molecule has 30 heavy (non-hydrogen) atoms. The highest BCUT2D eigenvalue weighted by Crippen LogP contribution is 2.58. The molecule has 2 atom stereocenters. The van der Waals surface area contributed by atoms with Crippen molar-refractivity contribution >= 4 is 5.97 Å². The topological polar surface area (TPSA) is 101 Å². The Kier molecular flexibility index (Phi) is 7.26. The van der Waals surface area contributed by atoms with Crippen LogP contribution in [-0.4, -0.2) is 39.1 Å². The van der Waals surface area contributed by atoms with E-state index in [1.807, 2.05) is 6.08 Å². The van der Waals surface area contributed by atoms with Crippen molar-refractivity contribution in [2.24, 2.45) is 0 Å². The van der Waals surface area contributed by atoms with Gasteiger partial charge in [-0.1, -0.05) is 51.2 Å². The molecule has 2 aliphatic rings. The highest BCUT2D eigenvalue weighted by Gasteiger charge is 2.53. The number of aliphatic hydroxyl groups is 1. The average Bonchev–Trinajstić information content (AvgIpc) is 3.36. The lowest BCUT2D eigenvalue weighted by molar-refractivity contribution is -0.147. The molecule has 0 aliphatic carbocycles. The minimum atomic E-state index is -1.06. The minimum absolute atomic E-state index is 0.0222. The second-order valence-corrected chi connectivity index (χ2v) is 8.28. The van der Waals surface area contributed by atoms with Crippen molar-refractivity contribution in [3.05, 3.63) is 35.4 Å². The summed E-state index contributed by atoms with van der Waals surface area (Å²) in [5.74, 6) is -0.517. The van der Waals surface area contributed by atoms with Crippen LogP contribution in [0.15, 0.2) is 24.3 Å². The van der Waals surface area contributed by atoms with Crippen LogP contribution >= 0.6 is 0 Å². The molecule has 7 nitrogen and oxygen atoms in total. The summed E-state index contributed by atoms with van der Waals surface area (Å²) in [6.07, 6.45) is 11.6. The first-order valence-electron chi connectivity index (χ1n) is 10.9. The van der Waals surface area contributed by atoms with Gasteiger partial charge in [0.15, 0.2) is 5.60 Å². The van der Waals surface area contributed by atoms with E-state index in [4.69, 9.17) is 14.6 Å². The summed E-state index contributed by atoms with van der Waals surface area (Å²) in [7, 11) is 0. The third-order valence-corrected chi connectivity index (χ3v) is 5.89. The molecule has 0 saturated heterocycles. The van der Waals surface area contributed by atoms with Crippen molar-refractivity contribution in [2.75, 3.05) is 13.2 Å². The molecule has 2 bridgehead atoms. The number of carbonyl (C=O) groups is 1. The minimum Gasteiger partial charge on any atom is -0.494 e. The van der Waals surface area contributed by atoms with Crippen LogP contribution in [0.5, 0.6) is 11.8 Å². The molecule has 0 spiro atoms. The van der Waals surface area contributed by atoms with Crippen molar-refractivity contribution in [3.8, 4) is 11.8 Å². The maximum atomic E-state index is 11.8. The smallest absolute Gasteiger partial charge is 0.333 e. The van der Waals surface area contributed by atoms with Crippen molar-refractivity contribution in [2.45, 2.75) is 76.5 Å². The zero-order valence-electron chi connectivity index (χ0n) is 17.7. The Balaban J connectivity index is 1.56. The summed E-state index contributed by atoms with van der Waals surface area (Å²) in [5.41, 5.74) is 0.282. The van der Waals surface area contributed by atoms with Gasteiger partial charge in [-0.3, -0.25) is 4.57 Å². The molecule has 0 fully saturated rings. The molecular formula is C23H33NO6. The number of unbranched alkanes of at least 4 members (excludes halogenated alkanes) is 7. The van der Waals surface area contributed by atoms with Gasteiger partial charge in [0.25, 0.3) is 0 Å².